The van der Waals surface area contributed by atoms with Crippen molar-refractivity contribution in [2.45, 2.75) is 19.8 Å². The molecular formula is C13H18N2O4S. The minimum Gasteiger partial charge on any atom is -0.370 e. The molecule has 0 aliphatic carbocycles. The zero-order chi connectivity index (χ0) is 15.2. The Bertz CT molecular complexity index is 579. The first-order valence-electron chi connectivity index (χ1n) is 6.14. The number of carbonyl (C=O) groups excluding carboxylic acids is 2. The quantitative estimate of drug-likeness (QED) is 0.769. The highest BCUT2D eigenvalue weighted by molar-refractivity contribution is 7.92. The average Bonchev–Trinajstić information content (AvgIpc) is 2.30. The number of aryl methyl sites for hydroxylation is 1. The number of amides is 2. The van der Waals surface area contributed by atoms with Crippen molar-refractivity contribution in [2.75, 3.05) is 16.8 Å². The fourth-order valence-corrected chi connectivity index (χ4v) is 2.77. The predicted octanol–water partition coefficient (Wildman–Crippen LogP) is 0.614. The molecule has 0 spiro atoms. The number of benzene rings is 1. The van der Waals surface area contributed by atoms with Gasteiger partial charge in [-0.15, -0.1) is 0 Å². The number of nitrogens with one attached hydrogen (secondary N) is 1. The number of carbonyl (C=O) groups is 2. The summed E-state index contributed by atoms with van der Waals surface area (Å²) in [5, 5.41) is 2.51. The van der Waals surface area contributed by atoms with Gasteiger partial charge in [0.05, 0.1) is 5.75 Å². The minimum absolute atomic E-state index is 0.00118. The lowest BCUT2D eigenvalue weighted by atomic mass is 10.2. The van der Waals surface area contributed by atoms with Crippen LogP contribution in [0.4, 0.5) is 5.69 Å². The topological polar surface area (TPSA) is 106 Å². The summed E-state index contributed by atoms with van der Waals surface area (Å²) in [4.78, 5) is 22.2. The molecule has 0 aliphatic rings. The zero-order valence-electron chi connectivity index (χ0n) is 11.3. The number of anilines is 1. The van der Waals surface area contributed by atoms with Gasteiger partial charge in [-0.2, -0.15) is 0 Å². The Labute approximate surface area is 118 Å². The molecule has 0 fully saturated rings. The summed E-state index contributed by atoms with van der Waals surface area (Å²) in [6.45, 7) is 1.91. The maximum atomic E-state index is 11.7. The summed E-state index contributed by atoms with van der Waals surface area (Å²) in [7, 11) is -3.52. The lowest BCUT2D eigenvalue weighted by Gasteiger charge is -2.06. The van der Waals surface area contributed by atoms with E-state index in [9.17, 15) is 18.0 Å². The SMILES string of the molecule is Cc1ccc(NC(=O)CS(=O)(=O)CCCC(N)=O)cc1. The van der Waals surface area contributed by atoms with Gasteiger partial charge >= 0.3 is 0 Å². The Kier molecular flexibility index (Phi) is 5.69. The molecule has 0 bridgehead atoms. The summed E-state index contributed by atoms with van der Waals surface area (Å²) in [6, 6.07) is 7.04. The summed E-state index contributed by atoms with van der Waals surface area (Å²) in [5.41, 5.74) is 6.52. The molecule has 6 nitrogen and oxygen atoms in total. The number of sulfone groups is 1. The van der Waals surface area contributed by atoms with E-state index < -0.39 is 27.4 Å². The van der Waals surface area contributed by atoms with Gasteiger partial charge in [0.25, 0.3) is 0 Å². The molecule has 2 amide bonds. The molecule has 110 valence electrons. The fraction of sp³-hybridized carbons (Fsp3) is 0.385. The molecule has 0 atom stereocenters. The first-order valence-corrected chi connectivity index (χ1v) is 7.96. The predicted molar refractivity (Wildman–Crippen MR) is 76.9 cm³/mol. The van der Waals surface area contributed by atoms with Crippen LogP contribution < -0.4 is 11.1 Å². The van der Waals surface area contributed by atoms with E-state index in [-0.39, 0.29) is 18.6 Å². The van der Waals surface area contributed by atoms with E-state index in [4.69, 9.17) is 5.73 Å². The van der Waals surface area contributed by atoms with Gasteiger partial charge in [-0.3, -0.25) is 9.59 Å². The first-order chi connectivity index (χ1) is 9.28. The molecule has 7 heteroatoms. The number of hydrogen-bond acceptors (Lipinski definition) is 4. The van der Waals surface area contributed by atoms with Gasteiger partial charge in [-0.1, -0.05) is 17.7 Å². The van der Waals surface area contributed by atoms with Crippen LogP contribution >= 0.6 is 0 Å². The van der Waals surface area contributed by atoms with Crippen LogP contribution in [0.25, 0.3) is 0 Å². The Morgan fingerprint density at radius 3 is 2.35 bits per heavy atom. The van der Waals surface area contributed by atoms with Crippen LogP contribution in [0.5, 0.6) is 0 Å². The highest BCUT2D eigenvalue weighted by Crippen LogP contribution is 2.09. The van der Waals surface area contributed by atoms with Crippen LogP contribution in [0.3, 0.4) is 0 Å². The molecule has 0 heterocycles. The maximum absolute atomic E-state index is 11.7. The van der Waals surface area contributed by atoms with Crippen LogP contribution in [0, 0.1) is 6.92 Å². The summed E-state index contributed by atoms with van der Waals surface area (Å²) >= 11 is 0. The van der Waals surface area contributed by atoms with Crippen LogP contribution in [-0.2, 0) is 19.4 Å². The Hall–Kier alpha value is -1.89. The van der Waals surface area contributed by atoms with Gasteiger partial charge < -0.3 is 11.1 Å². The second-order valence-electron chi connectivity index (χ2n) is 4.58. The van der Waals surface area contributed by atoms with E-state index in [0.29, 0.717) is 5.69 Å². The van der Waals surface area contributed by atoms with Gasteiger partial charge in [0.15, 0.2) is 9.84 Å². The van der Waals surface area contributed by atoms with E-state index in [1.165, 1.54) is 0 Å². The third kappa shape index (κ3) is 6.33. The number of hydrogen-bond donors (Lipinski definition) is 2. The molecule has 1 aromatic rings. The minimum atomic E-state index is -3.52. The second-order valence-corrected chi connectivity index (χ2v) is 6.76. The lowest BCUT2D eigenvalue weighted by Crippen LogP contribution is -2.25. The lowest BCUT2D eigenvalue weighted by molar-refractivity contribution is -0.118. The Morgan fingerprint density at radius 1 is 1.20 bits per heavy atom. The molecule has 3 N–H and O–H groups in total. The third-order valence-electron chi connectivity index (χ3n) is 2.56. The zero-order valence-corrected chi connectivity index (χ0v) is 12.1. The smallest absolute Gasteiger partial charge is 0.239 e. The van der Waals surface area contributed by atoms with Crippen molar-refractivity contribution in [3.8, 4) is 0 Å². The van der Waals surface area contributed by atoms with E-state index in [1.54, 1.807) is 12.1 Å². The Balaban J connectivity index is 2.48. The van der Waals surface area contributed by atoms with E-state index in [2.05, 4.69) is 5.32 Å². The van der Waals surface area contributed by atoms with Crippen molar-refractivity contribution < 1.29 is 18.0 Å². The van der Waals surface area contributed by atoms with Gasteiger partial charge in [0.1, 0.15) is 5.75 Å². The Morgan fingerprint density at radius 2 is 1.80 bits per heavy atom. The van der Waals surface area contributed by atoms with Crippen LogP contribution in [0.15, 0.2) is 24.3 Å². The van der Waals surface area contributed by atoms with Gasteiger partial charge in [0, 0.05) is 12.1 Å². The average molecular weight is 298 g/mol. The molecule has 0 saturated carbocycles. The normalized spacial score (nSPS) is 11.1. The number of rotatable bonds is 7. The monoisotopic (exact) mass is 298 g/mol. The standard InChI is InChI=1S/C13H18N2O4S/c1-10-4-6-11(7-5-10)15-13(17)9-20(18,19)8-2-3-12(14)16/h4-7H,2-3,8-9H2,1H3,(H2,14,16)(H,15,17). The molecule has 0 aliphatic heterocycles. The molecule has 20 heavy (non-hydrogen) atoms. The molecule has 1 rings (SSSR count). The second kappa shape index (κ2) is 7.04. The van der Waals surface area contributed by atoms with Crippen molar-refractivity contribution in [1.29, 1.82) is 0 Å². The molecule has 0 radical (unpaired) electrons. The highest BCUT2D eigenvalue weighted by Gasteiger charge is 2.16. The first kappa shape index (κ1) is 16.2. The van der Waals surface area contributed by atoms with Gasteiger partial charge in [-0.25, -0.2) is 8.42 Å². The van der Waals surface area contributed by atoms with Crippen molar-refractivity contribution >= 4 is 27.3 Å². The highest BCUT2D eigenvalue weighted by atomic mass is 32.2. The summed E-state index contributed by atoms with van der Waals surface area (Å²) in [5.74, 6) is -1.96. The van der Waals surface area contributed by atoms with Crippen LogP contribution in [-0.4, -0.2) is 31.7 Å². The summed E-state index contributed by atoms with van der Waals surface area (Å²) < 4.78 is 23.3. The van der Waals surface area contributed by atoms with E-state index >= 15 is 0 Å². The van der Waals surface area contributed by atoms with Crippen molar-refractivity contribution in [1.82, 2.24) is 0 Å². The number of primary amides is 1. The molecular weight excluding hydrogens is 280 g/mol. The van der Waals surface area contributed by atoms with Crippen molar-refractivity contribution in [3.05, 3.63) is 29.8 Å². The van der Waals surface area contributed by atoms with Crippen molar-refractivity contribution in [3.63, 3.8) is 0 Å². The van der Waals surface area contributed by atoms with Crippen LogP contribution in [0.1, 0.15) is 18.4 Å². The maximum Gasteiger partial charge on any atom is 0.239 e. The molecule has 0 unspecified atom stereocenters. The fourth-order valence-electron chi connectivity index (χ4n) is 1.57. The number of nitrogens with two attached hydrogens (primary N) is 1. The van der Waals surface area contributed by atoms with Gasteiger partial charge in [-0.05, 0) is 25.5 Å². The van der Waals surface area contributed by atoms with Crippen LogP contribution in [0.2, 0.25) is 0 Å². The molecule has 1 aromatic carbocycles. The summed E-state index contributed by atoms with van der Waals surface area (Å²) in [6.07, 6.45) is 0.133. The largest absolute Gasteiger partial charge is 0.370 e. The van der Waals surface area contributed by atoms with E-state index in [1.807, 2.05) is 19.1 Å². The third-order valence-corrected chi connectivity index (χ3v) is 4.18. The van der Waals surface area contributed by atoms with Gasteiger partial charge in [0.2, 0.25) is 11.8 Å². The van der Waals surface area contributed by atoms with Crippen molar-refractivity contribution in [2.24, 2.45) is 5.73 Å². The molecule has 0 saturated heterocycles. The molecule has 0 aromatic heterocycles. The van der Waals surface area contributed by atoms with E-state index in [0.717, 1.165) is 5.56 Å².